The van der Waals surface area contributed by atoms with Crippen LogP contribution < -0.4 is 4.74 Å². The molecule has 4 heteroatoms. The Kier molecular flexibility index (Phi) is 3.29. The second kappa shape index (κ2) is 5.40. The van der Waals surface area contributed by atoms with Gasteiger partial charge in [0.15, 0.2) is 5.58 Å². The zero-order chi connectivity index (χ0) is 13.8. The number of oxazole rings is 1. The molecule has 1 aromatic heterocycles. The van der Waals surface area contributed by atoms with Crippen LogP contribution in [0.5, 0.6) is 5.75 Å². The molecule has 20 heavy (non-hydrogen) atoms. The Morgan fingerprint density at radius 2 is 1.80 bits per heavy atom. The minimum atomic E-state index is -0.474. The van der Waals surface area contributed by atoms with Crippen molar-refractivity contribution in [3.63, 3.8) is 0 Å². The molecular weight excluding hydrogens is 254 g/mol. The van der Waals surface area contributed by atoms with Crippen molar-refractivity contribution < 1.29 is 13.9 Å². The van der Waals surface area contributed by atoms with Crippen molar-refractivity contribution in [3.05, 3.63) is 66.6 Å². The van der Waals surface area contributed by atoms with E-state index in [2.05, 4.69) is 4.98 Å². The number of carbonyl (C=O) groups is 1. The number of carbonyl (C=O) groups excluding carboxylic acids is 1. The molecule has 0 bridgehead atoms. The second-order valence-electron chi connectivity index (χ2n) is 4.09. The molecule has 0 atom stereocenters. The van der Waals surface area contributed by atoms with Crippen molar-refractivity contribution in [2.75, 3.05) is 0 Å². The summed E-state index contributed by atoms with van der Waals surface area (Å²) in [6.07, 6.45) is 2.78. The summed E-state index contributed by atoms with van der Waals surface area (Å²) in [5.41, 5.74) is 1.44. The van der Waals surface area contributed by atoms with Crippen LogP contribution in [0.15, 0.2) is 65.1 Å². The van der Waals surface area contributed by atoms with Crippen LogP contribution >= 0.6 is 0 Å². The molecule has 0 aliphatic rings. The molecule has 0 aliphatic carbocycles. The standard InChI is InChI=1S/C16H11NO3/c18-16(19-12-6-2-1-3-7-12)11-10-15-17-13-8-4-5-9-14(13)20-15/h1-11H/b11-10+. The highest BCUT2D eigenvalue weighted by atomic mass is 16.5. The monoisotopic (exact) mass is 265 g/mol. The number of hydrogen-bond acceptors (Lipinski definition) is 4. The fourth-order valence-electron chi connectivity index (χ4n) is 1.74. The first-order valence-corrected chi connectivity index (χ1v) is 6.12. The maximum absolute atomic E-state index is 11.6. The predicted octanol–water partition coefficient (Wildman–Crippen LogP) is 3.45. The van der Waals surface area contributed by atoms with Crippen LogP contribution in [0.25, 0.3) is 17.2 Å². The van der Waals surface area contributed by atoms with Crippen LogP contribution in [-0.2, 0) is 4.79 Å². The van der Waals surface area contributed by atoms with Gasteiger partial charge < -0.3 is 9.15 Å². The van der Waals surface area contributed by atoms with Crippen molar-refractivity contribution in [3.8, 4) is 5.75 Å². The molecule has 0 amide bonds. The van der Waals surface area contributed by atoms with Crippen molar-refractivity contribution in [1.82, 2.24) is 4.98 Å². The molecule has 0 aliphatic heterocycles. The first-order valence-electron chi connectivity index (χ1n) is 6.12. The third kappa shape index (κ3) is 2.75. The number of benzene rings is 2. The quantitative estimate of drug-likeness (QED) is 0.413. The Balaban J connectivity index is 1.72. The van der Waals surface area contributed by atoms with Gasteiger partial charge in [-0.1, -0.05) is 30.3 Å². The summed E-state index contributed by atoms with van der Waals surface area (Å²) < 4.78 is 10.6. The Morgan fingerprint density at radius 3 is 2.60 bits per heavy atom. The zero-order valence-electron chi connectivity index (χ0n) is 10.5. The summed E-state index contributed by atoms with van der Waals surface area (Å²) in [7, 11) is 0. The van der Waals surface area contributed by atoms with Gasteiger partial charge in [0.2, 0.25) is 5.89 Å². The molecule has 3 aromatic rings. The Morgan fingerprint density at radius 1 is 1.05 bits per heavy atom. The zero-order valence-corrected chi connectivity index (χ0v) is 10.5. The molecule has 3 rings (SSSR count). The maximum atomic E-state index is 11.6. The SMILES string of the molecule is O=C(/C=C/c1nc2ccccc2o1)Oc1ccccc1. The van der Waals surface area contributed by atoms with E-state index in [9.17, 15) is 4.79 Å². The highest BCUT2D eigenvalue weighted by molar-refractivity contribution is 5.88. The van der Waals surface area contributed by atoms with Crippen LogP contribution in [-0.4, -0.2) is 11.0 Å². The fraction of sp³-hybridized carbons (Fsp3) is 0. The third-order valence-corrected chi connectivity index (χ3v) is 2.63. The highest BCUT2D eigenvalue weighted by Gasteiger charge is 2.03. The minimum Gasteiger partial charge on any atom is -0.437 e. The maximum Gasteiger partial charge on any atom is 0.336 e. The molecule has 4 nitrogen and oxygen atoms in total. The van der Waals surface area contributed by atoms with E-state index in [-0.39, 0.29) is 0 Å². The Labute approximate surface area is 115 Å². The number of esters is 1. The lowest BCUT2D eigenvalue weighted by Gasteiger charge is -1.98. The van der Waals surface area contributed by atoms with E-state index in [0.717, 1.165) is 5.52 Å². The second-order valence-corrected chi connectivity index (χ2v) is 4.09. The van der Waals surface area contributed by atoms with Gasteiger partial charge in [0.05, 0.1) is 0 Å². The number of fused-ring (bicyclic) bond motifs is 1. The molecule has 0 spiro atoms. The molecular formula is C16H11NO3. The number of para-hydroxylation sites is 3. The number of nitrogens with zero attached hydrogens (tertiary/aromatic N) is 1. The van der Waals surface area contributed by atoms with Gasteiger partial charge in [0, 0.05) is 12.2 Å². The molecule has 0 radical (unpaired) electrons. The molecule has 0 N–H and O–H groups in total. The van der Waals surface area contributed by atoms with Crippen LogP contribution in [0, 0.1) is 0 Å². The van der Waals surface area contributed by atoms with Gasteiger partial charge in [-0.05, 0) is 24.3 Å². The summed E-state index contributed by atoms with van der Waals surface area (Å²) in [6, 6.07) is 16.3. The number of rotatable bonds is 3. The van der Waals surface area contributed by atoms with E-state index in [1.807, 2.05) is 30.3 Å². The van der Waals surface area contributed by atoms with Gasteiger partial charge in [-0.2, -0.15) is 0 Å². The van der Waals surface area contributed by atoms with Crippen LogP contribution in [0.2, 0.25) is 0 Å². The summed E-state index contributed by atoms with van der Waals surface area (Å²) in [5.74, 6) is 0.398. The van der Waals surface area contributed by atoms with Crippen molar-refractivity contribution in [2.24, 2.45) is 0 Å². The van der Waals surface area contributed by atoms with Crippen LogP contribution in [0.3, 0.4) is 0 Å². The average molecular weight is 265 g/mol. The number of hydrogen-bond donors (Lipinski definition) is 0. The van der Waals surface area contributed by atoms with Gasteiger partial charge in [-0.25, -0.2) is 9.78 Å². The van der Waals surface area contributed by atoms with Gasteiger partial charge in [-0.3, -0.25) is 0 Å². The van der Waals surface area contributed by atoms with E-state index >= 15 is 0 Å². The lowest BCUT2D eigenvalue weighted by atomic mass is 10.3. The molecule has 0 fully saturated rings. The van der Waals surface area contributed by atoms with E-state index < -0.39 is 5.97 Å². The average Bonchev–Trinajstić information content (AvgIpc) is 2.89. The van der Waals surface area contributed by atoms with Crippen LogP contribution in [0.4, 0.5) is 0 Å². The molecule has 0 unspecified atom stereocenters. The van der Waals surface area contributed by atoms with Crippen molar-refractivity contribution in [1.29, 1.82) is 0 Å². The van der Waals surface area contributed by atoms with E-state index in [4.69, 9.17) is 9.15 Å². The first-order chi connectivity index (χ1) is 9.81. The molecule has 2 aromatic carbocycles. The number of aromatic nitrogens is 1. The molecule has 1 heterocycles. The largest absolute Gasteiger partial charge is 0.437 e. The van der Waals surface area contributed by atoms with Crippen molar-refractivity contribution >= 4 is 23.1 Å². The fourth-order valence-corrected chi connectivity index (χ4v) is 1.74. The summed E-state index contributed by atoms with van der Waals surface area (Å²) >= 11 is 0. The van der Waals surface area contributed by atoms with Gasteiger partial charge >= 0.3 is 5.97 Å². The Bertz CT molecular complexity index is 727. The molecule has 0 saturated carbocycles. The molecule has 98 valence electrons. The van der Waals surface area contributed by atoms with E-state index in [0.29, 0.717) is 17.2 Å². The van der Waals surface area contributed by atoms with Crippen LogP contribution in [0.1, 0.15) is 5.89 Å². The lowest BCUT2D eigenvalue weighted by molar-refractivity contribution is -0.128. The van der Waals surface area contributed by atoms with Gasteiger partial charge in [-0.15, -0.1) is 0 Å². The molecule has 0 saturated heterocycles. The highest BCUT2D eigenvalue weighted by Crippen LogP contribution is 2.15. The van der Waals surface area contributed by atoms with E-state index in [1.54, 1.807) is 24.3 Å². The topological polar surface area (TPSA) is 52.3 Å². The first kappa shape index (κ1) is 12.2. The summed E-state index contributed by atoms with van der Waals surface area (Å²) in [6.45, 7) is 0. The summed E-state index contributed by atoms with van der Waals surface area (Å²) in [4.78, 5) is 15.9. The van der Waals surface area contributed by atoms with E-state index in [1.165, 1.54) is 12.2 Å². The third-order valence-electron chi connectivity index (χ3n) is 2.63. The summed E-state index contributed by atoms with van der Waals surface area (Å²) in [5, 5.41) is 0. The number of ether oxygens (including phenoxy) is 1. The Hall–Kier alpha value is -2.88. The lowest BCUT2D eigenvalue weighted by Crippen LogP contribution is -2.03. The minimum absolute atomic E-state index is 0.371. The normalized spacial score (nSPS) is 11.0. The van der Waals surface area contributed by atoms with Gasteiger partial charge in [0.25, 0.3) is 0 Å². The predicted molar refractivity (Wildman–Crippen MR) is 75.1 cm³/mol. The van der Waals surface area contributed by atoms with Crippen molar-refractivity contribution in [2.45, 2.75) is 0 Å². The van der Waals surface area contributed by atoms with Gasteiger partial charge in [0.1, 0.15) is 11.3 Å². The smallest absolute Gasteiger partial charge is 0.336 e.